The van der Waals surface area contributed by atoms with Crippen LogP contribution in [0.5, 0.6) is 5.75 Å². The highest BCUT2D eigenvalue weighted by molar-refractivity contribution is 5.90. The smallest absolute Gasteiger partial charge is 0.322 e. The van der Waals surface area contributed by atoms with Gasteiger partial charge in [0.15, 0.2) is 0 Å². The highest BCUT2D eigenvalue weighted by Crippen LogP contribution is 2.21. The molecule has 5 heteroatoms. The largest absolute Gasteiger partial charge is 0.506 e. The molecule has 2 N–H and O–H groups in total. The van der Waals surface area contributed by atoms with E-state index in [1.54, 1.807) is 29.2 Å². The van der Waals surface area contributed by atoms with Crippen LogP contribution in [0, 0.1) is 0 Å². The van der Waals surface area contributed by atoms with E-state index < -0.39 is 0 Å². The van der Waals surface area contributed by atoms with Crippen molar-refractivity contribution in [3.05, 3.63) is 24.3 Å². The van der Waals surface area contributed by atoms with Crippen LogP contribution in [0.15, 0.2) is 24.3 Å². The van der Waals surface area contributed by atoms with Gasteiger partial charge in [-0.25, -0.2) is 4.79 Å². The minimum Gasteiger partial charge on any atom is -0.506 e. The van der Waals surface area contributed by atoms with E-state index in [1.165, 1.54) is 0 Å². The topological polar surface area (TPSA) is 55.8 Å². The van der Waals surface area contributed by atoms with Crippen LogP contribution in [-0.2, 0) is 0 Å². The van der Waals surface area contributed by atoms with Gasteiger partial charge in [-0.15, -0.1) is 0 Å². The second-order valence-corrected chi connectivity index (χ2v) is 4.24. The van der Waals surface area contributed by atoms with Gasteiger partial charge in [0.25, 0.3) is 0 Å². The van der Waals surface area contributed by atoms with Crippen LogP contribution < -0.4 is 5.32 Å². The summed E-state index contributed by atoms with van der Waals surface area (Å²) in [5, 5.41) is 12.3. The van der Waals surface area contributed by atoms with E-state index in [0.717, 1.165) is 26.2 Å². The van der Waals surface area contributed by atoms with E-state index >= 15 is 0 Å². The molecule has 1 aliphatic heterocycles. The molecule has 0 aliphatic carbocycles. The Morgan fingerprint density at radius 2 is 1.88 bits per heavy atom. The number of phenols is 1. The van der Waals surface area contributed by atoms with Gasteiger partial charge in [-0.1, -0.05) is 12.1 Å². The second-order valence-electron chi connectivity index (χ2n) is 4.24. The maximum Gasteiger partial charge on any atom is 0.322 e. The lowest BCUT2D eigenvalue weighted by atomic mass is 10.3. The molecule has 0 unspecified atom stereocenters. The summed E-state index contributed by atoms with van der Waals surface area (Å²) < 4.78 is 0. The van der Waals surface area contributed by atoms with Crippen LogP contribution in [0.2, 0.25) is 0 Å². The van der Waals surface area contributed by atoms with E-state index in [4.69, 9.17) is 0 Å². The summed E-state index contributed by atoms with van der Waals surface area (Å²) in [6, 6.07) is 6.59. The van der Waals surface area contributed by atoms with Crippen molar-refractivity contribution in [2.24, 2.45) is 0 Å². The molecular weight excluding hydrogens is 218 g/mol. The number of aromatic hydroxyl groups is 1. The molecule has 92 valence electrons. The van der Waals surface area contributed by atoms with Crippen LogP contribution >= 0.6 is 0 Å². The fraction of sp³-hybridized carbons (Fsp3) is 0.417. The number of amides is 2. The first-order chi connectivity index (χ1) is 8.16. The van der Waals surface area contributed by atoms with Crippen molar-refractivity contribution in [1.82, 2.24) is 9.80 Å². The van der Waals surface area contributed by atoms with Crippen molar-refractivity contribution < 1.29 is 9.90 Å². The average Bonchev–Trinajstić information content (AvgIpc) is 2.33. The third-order valence-corrected chi connectivity index (χ3v) is 2.94. The Morgan fingerprint density at radius 3 is 2.53 bits per heavy atom. The number of anilines is 1. The predicted molar refractivity (Wildman–Crippen MR) is 66.2 cm³/mol. The Bertz CT molecular complexity index is 400. The maximum absolute atomic E-state index is 11.9. The Labute approximate surface area is 101 Å². The number of benzene rings is 1. The SMILES string of the molecule is CN1CCN(C(=O)Nc2ccccc2O)CC1. The molecule has 1 saturated heterocycles. The van der Waals surface area contributed by atoms with Gasteiger partial charge < -0.3 is 20.2 Å². The Balaban J connectivity index is 1.95. The molecule has 2 rings (SSSR count). The molecule has 5 nitrogen and oxygen atoms in total. The van der Waals surface area contributed by atoms with Gasteiger partial charge in [0.05, 0.1) is 5.69 Å². The zero-order valence-electron chi connectivity index (χ0n) is 9.89. The fourth-order valence-corrected chi connectivity index (χ4v) is 1.78. The van der Waals surface area contributed by atoms with Gasteiger partial charge in [-0.05, 0) is 19.2 Å². The zero-order valence-corrected chi connectivity index (χ0v) is 9.89. The van der Waals surface area contributed by atoms with Crippen molar-refractivity contribution in [3.63, 3.8) is 0 Å². The minimum absolute atomic E-state index is 0.0926. The molecule has 0 atom stereocenters. The molecule has 1 heterocycles. The van der Waals surface area contributed by atoms with Crippen molar-refractivity contribution in [3.8, 4) is 5.75 Å². The number of carbonyl (C=O) groups is 1. The number of urea groups is 1. The molecule has 1 aliphatic rings. The summed E-state index contributed by atoms with van der Waals surface area (Å²) in [5.74, 6) is 0.0926. The Hall–Kier alpha value is -1.75. The summed E-state index contributed by atoms with van der Waals surface area (Å²) >= 11 is 0. The number of carbonyl (C=O) groups excluding carboxylic acids is 1. The monoisotopic (exact) mass is 235 g/mol. The minimum atomic E-state index is -0.153. The number of para-hydroxylation sites is 2. The lowest BCUT2D eigenvalue weighted by Crippen LogP contribution is -2.48. The molecule has 1 aromatic carbocycles. The zero-order chi connectivity index (χ0) is 12.3. The normalized spacial score (nSPS) is 16.9. The van der Waals surface area contributed by atoms with Crippen LogP contribution in [0.4, 0.5) is 10.5 Å². The quantitative estimate of drug-likeness (QED) is 0.718. The van der Waals surface area contributed by atoms with Crippen molar-refractivity contribution in [1.29, 1.82) is 0 Å². The third-order valence-electron chi connectivity index (χ3n) is 2.94. The summed E-state index contributed by atoms with van der Waals surface area (Å²) in [6.45, 7) is 3.20. The molecule has 0 spiro atoms. The number of phenolic OH excluding ortho intramolecular Hbond substituents is 1. The van der Waals surface area contributed by atoms with Gasteiger partial charge in [0, 0.05) is 26.2 Å². The number of likely N-dealkylation sites (N-methyl/N-ethyl adjacent to an activating group) is 1. The maximum atomic E-state index is 11.9. The van der Waals surface area contributed by atoms with Crippen molar-refractivity contribution >= 4 is 11.7 Å². The van der Waals surface area contributed by atoms with E-state index in [0.29, 0.717) is 5.69 Å². The number of hydrogen-bond acceptors (Lipinski definition) is 3. The number of hydrogen-bond donors (Lipinski definition) is 2. The van der Waals surface area contributed by atoms with Gasteiger partial charge in [-0.2, -0.15) is 0 Å². The lowest BCUT2D eigenvalue weighted by molar-refractivity contribution is 0.164. The van der Waals surface area contributed by atoms with E-state index in [1.807, 2.05) is 7.05 Å². The third kappa shape index (κ3) is 2.88. The summed E-state index contributed by atoms with van der Waals surface area (Å²) in [7, 11) is 2.04. The first-order valence-corrected chi connectivity index (χ1v) is 5.69. The predicted octanol–water partition coefficient (Wildman–Crippen LogP) is 1.17. The number of nitrogens with zero attached hydrogens (tertiary/aromatic N) is 2. The molecule has 0 radical (unpaired) electrons. The Morgan fingerprint density at radius 1 is 1.24 bits per heavy atom. The van der Waals surface area contributed by atoms with Gasteiger partial charge >= 0.3 is 6.03 Å². The first kappa shape index (κ1) is 11.7. The van der Waals surface area contributed by atoms with E-state index in [-0.39, 0.29) is 11.8 Å². The number of rotatable bonds is 1. The summed E-state index contributed by atoms with van der Waals surface area (Å²) in [5.41, 5.74) is 0.455. The Kier molecular flexibility index (Phi) is 3.49. The van der Waals surface area contributed by atoms with Gasteiger partial charge in [-0.3, -0.25) is 0 Å². The molecule has 17 heavy (non-hydrogen) atoms. The summed E-state index contributed by atoms with van der Waals surface area (Å²) in [6.07, 6.45) is 0. The molecule has 0 saturated carbocycles. The molecule has 2 amide bonds. The average molecular weight is 235 g/mol. The van der Waals surface area contributed by atoms with Crippen LogP contribution in [0.3, 0.4) is 0 Å². The fourth-order valence-electron chi connectivity index (χ4n) is 1.78. The number of nitrogens with one attached hydrogen (secondary N) is 1. The van der Waals surface area contributed by atoms with Crippen molar-refractivity contribution in [2.75, 3.05) is 38.5 Å². The van der Waals surface area contributed by atoms with E-state index in [9.17, 15) is 9.90 Å². The molecular formula is C12H17N3O2. The summed E-state index contributed by atoms with van der Waals surface area (Å²) in [4.78, 5) is 15.9. The lowest BCUT2D eigenvalue weighted by Gasteiger charge is -2.32. The highest BCUT2D eigenvalue weighted by atomic mass is 16.3. The highest BCUT2D eigenvalue weighted by Gasteiger charge is 2.19. The molecule has 1 fully saturated rings. The van der Waals surface area contributed by atoms with Crippen LogP contribution in [0.25, 0.3) is 0 Å². The number of piperazine rings is 1. The first-order valence-electron chi connectivity index (χ1n) is 5.69. The molecule has 1 aromatic rings. The van der Waals surface area contributed by atoms with Gasteiger partial charge in [0.2, 0.25) is 0 Å². The van der Waals surface area contributed by atoms with Crippen molar-refractivity contribution in [2.45, 2.75) is 0 Å². The molecule has 0 aromatic heterocycles. The van der Waals surface area contributed by atoms with Gasteiger partial charge in [0.1, 0.15) is 5.75 Å². The van der Waals surface area contributed by atoms with E-state index in [2.05, 4.69) is 10.2 Å². The van der Waals surface area contributed by atoms with Crippen LogP contribution in [-0.4, -0.2) is 54.2 Å². The second kappa shape index (κ2) is 5.05. The molecule has 0 bridgehead atoms. The standard InChI is InChI=1S/C12H17N3O2/c1-14-6-8-15(9-7-14)12(17)13-10-4-2-3-5-11(10)16/h2-5,16H,6-9H2,1H3,(H,13,17). The van der Waals surface area contributed by atoms with Crippen LogP contribution in [0.1, 0.15) is 0 Å².